The fourth-order valence-corrected chi connectivity index (χ4v) is 3.20. The van der Waals surface area contributed by atoms with Crippen LogP contribution in [0.5, 0.6) is 0 Å². The van der Waals surface area contributed by atoms with Crippen LogP contribution in [0.4, 0.5) is 14.5 Å². The number of anilines is 1. The Kier molecular flexibility index (Phi) is 4.27. The monoisotopic (exact) mass is 378 g/mol. The smallest absolute Gasteiger partial charge is 0.165 e. The highest BCUT2D eigenvalue weighted by Gasteiger charge is 2.47. The fourth-order valence-electron chi connectivity index (χ4n) is 3.20. The lowest BCUT2D eigenvalue weighted by Crippen LogP contribution is -2.34. The molecule has 2 aromatic heterocycles. The largest absolute Gasteiger partial charge is 0.397 e. The number of imidazole rings is 1. The van der Waals surface area contributed by atoms with Crippen LogP contribution in [-0.2, 0) is 4.74 Å². The first-order chi connectivity index (χ1) is 12.9. The molecule has 0 amide bonds. The summed E-state index contributed by atoms with van der Waals surface area (Å²) in [7, 11) is 0. The van der Waals surface area contributed by atoms with E-state index in [0.29, 0.717) is 16.9 Å². The van der Waals surface area contributed by atoms with Gasteiger partial charge < -0.3 is 25.8 Å². The van der Waals surface area contributed by atoms with Gasteiger partial charge in [-0.2, -0.15) is 0 Å². The van der Waals surface area contributed by atoms with Crippen molar-refractivity contribution in [1.29, 1.82) is 0 Å². The highest BCUT2D eigenvalue weighted by atomic mass is 19.2. The van der Waals surface area contributed by atoms with Crippen LogP contribution in [0.1, 0.15) is 17.9 Å². The molecule has 0 aliphatic carbocycles. The quantitative estimate of drug-likeness (QED) is 0.527. The van der Waals surface area contributed by atoms with Crippen molar-refractivity contribution in [3.63, 3.8) is 0 Å². The van der Waals surface area contributed by atoms with Gasteiger partial charge in [-0.3, -0.25) is 4.57 Å². The summed E-state index contributed by atoms with van der Waals surface area (Å²) < 4.78 is 33.6. The molecule has 4 rings (SSSR count). The van der Waals surface area contributed by atoms with Gasteiger partial charge in [0.1, 0.15) is 29.9 Å². The molecule has 1 aliphatic heterocycles. The summed E-state index contributed by atoms with van der Waals surface area (Å²) in [5, 5.41) is 31.2. The number of aliphatic hydroxyl groups is 3. The molecule has 0 bridgehead atoms. The number of nitrogens with two attached hydrogens (primary N) is 1. The Labute approximate surface area is 151 Å². The van der Waals surface area contributed by atoms with Crippen LogP contribution in [0.3, 0.4) is 0 Å². The number of benzene rings is 1. The first-order valence-electron chi connectivity index (χ1n) is 8.10. The van der Waals surface area contributed by atoms with Gasteiger partial charge in [0.2, 0.25) is 0 Å². The third-order valence-electron chi connectivity index (χ3n) is 4.64. The SMILES string of the molecule is Nc1ccnc2c1ncn2C1OC(C(O)c2ccc(F)c(F)c2)C(O)C1O. The summed E-state index contributed by atoms with van der Waals surface area (Å²) in [6, 6.07) is 4.41. The summed E-state index contributed by atoms with van der Waals surface area (Å²) >= 11 is 0. The molecule has 0 spiro atoms. The van der Waals surface area contributed by atoms with E-state index in [1.807, 2.05) is 0 Å². The molecule has 1 saturated heterocycles. The second-order valence-corrected chi connectivity index (χ2v) is 6.32. The van der Waals surface area contributed by atoms with Crippen LogP contribution in [0.25, 0.3) is 11.2 Å². The van der Waals surface area contributed by atoms with Crippen LogP contribution < -0.4 is 5.73 Å². The summed E-state index contributed by atoms with van der Waals surface area (Å²) in [6.45, 7) is 0. The molecule has 3 heterocycles. The van der Waals surface area contributed by atoms with Gasteiger partial charge >= 0.3 is 0 Å². The molecule has 0 saturated carbocycles. The minimum atomic E-state index is -1.50. The van der Waals surface area contributed by atoms with Crippen LogP contribution in [0.15, 0.2) is 36.8 Å². The van der Waals surface area contributed by atoms with Crippen molar-refractivity contribution >= 4 is 16.9 Å². The Hall–Kier alpha value is -2.66. The molecule has 5 atom stereocenters. The van der Waals surface area contributed by atoms with E-state index in [1.54, 1.807) is 6.07 Å². The summed E-state index contributed by atoms with van der Waals surface area (Å²) in [6.07, 6.45) is -3.99. The van der Waals surface area contributed by atoms with Gasteiger partial charge in [-0.25, -0.2) is 18.7 Å². The van der Waals surface area contributed by atoms with Crippen molar-refractivity contribution in [3.8, 4) is 0 Å². The predicted octanol–water partition coefficient (Wildman–Crippen LogP) is 0.644. The number of ether oxygens (including phenoxy) is 1. The molecule has 10 heteroatoms. The zero-order valence-corrected chi connectivity index (χ0v) is 13.8. The lowest BCUT2D eigenvalue weighted by molar-refractivity contribution is -0.0850. The molecule has 3 aromatic rings. The number of hydrogen-bond acceptors (Lipinski definition) is 7. The first-order valence-corrected chi connectivity index (χ1v) is 8.10. The van der Waals surface area contributed by atoms with Crippen molar-refractivity contribution in [2.75, 3.05) is 5.73 Å². The Bertz CT molecular complexity index is 998. The maximum Gasteiger partial charge on any atom is 0.165 e. The van der Waals surface area contributed by atoms with Crippen molar-refractivity contribution in [2.24, 2.45) is 0 Å². The van der Waals surface area contributed by atoms with E-state index in [0.717, 1.165) is 12.1 Å². The lowest BCUT2D eigenvalue weighted by atomic mass is 9.99. The highest BCUT2D eigenvalue weighted by molar-refractivity contribution is 5.83. The van der Waals surface area contributed by atoms with Crippen LogP contribution in [0, 0.1) is 11.6 Å². The zero-order chi connectivity index (χ0) is 19.3. The second kappa shape index (κ2) is 6.50. The molecule has 8 nitrogen and oxygen atoms in total. The Balaban J connectivity index is 1.66. The summed E-state index contributed by atoms with van der Waals surface area (Å²) in [5.74, 6) is -2.21. The van der Waals surface area contributed by atoms with Crippen LogP contribution in [-0.4, -0.2) is 48.2 Å². The van der Waals surface area contributed by atoms with Gasteiger partial charge in [0.25, 0.3) is 0 Å². The fraction of sp³-hybridized carbons (Fsp3) is 0.294. The van der Waals surface area contributed by atoms with Gasteiger partial charge in [-0.05, 0) is 23.8 Å². The molecule has 5 unspecified atom stereocenters. The maximum absolute atomic E-state index is 13.4. The third-order valence-corrected chi connectivity index (χ3v) is 4.64. The molecule has 142 valence electrons. The molecule has 1 fully saturated rings. The second-order valence-electron chi connectivity index (χ2n) is 6.32. The van der Waals surface area contributed by atoms with Crippen LogP contribution in [0.2, 0.25) is 0 Å². The summed E-state index contributed by atoms with van der Waals surface area (Å²) in [5.41, 5.74) is 6.94. The number of fused-ring (bicyclic) bond motifs is 1. The lowest BCUT2D eigenvalue weighted by Gasteiger charge is -2.21. The van der Waals surface area contributed by atoms with E-state index in [4.69, 9.17) is 10.5 Å². The van der Waals surface area contributed by atoms with Crippen molar-refractivity contribution < 1.29 is 28.8 Å². The molecular weight excluding hydrogens is 362 g/mol. The Morgan fingerprint density at radius 3 is 2.63 bits per heavy atom. The summed E-state index contributed by atoms with van der Waals surface area (Å²) in [4.78, 5) is 8.27. The molecule has 1 aliphatic rings. The van der Waals surface area contributed by atoms with E-state index in [-0.39, 0.29) is 5.56 Å². The van der Waals surface area contributed by atoms with Gasteiger partial charge in [0.05, 0.1) is 12.0 Å². The van der Waals surface area contributed by atoms with E-state index >= 15 is 0 Å². The van der Waals surface area contributed by atoms with E-state index < -0.39 is 42.3 Å². The number of aromatic nitrogens is 3. The number of rotatable bonds is 3. The highest BCUT2D eigenvalue weighted by Crippen LogP contribution is 2.37. The molecule has 0 radical (unpaired) electrons. The minimum Gasteiger partial charge on any atom is -0.397 e. The number of pyridine rings is 1. The van der Waals surface area contributed by atoms with E-state index in [2.05, 4.69) is 9.97 Å². The number of nitrogens with zero attached hydrogens (tertiary/aromatic N) is 3. The molecule has 1 aromatic carbocycles. The molecule has 5 N–H and O–H groups in total. The average molecular weight is 378 g/mol. The number of hydrogen-bond donors (Lipinski definition) is 4. The van der Waals surface area contributed by atoms with Gasteiger partial charge in [-0.1, -0.05) is 6.07 Å². The third kappa shape index (κ3) is 2.82. The standard InChI is InChI=1S/C17H16F2N4O4/c18-8-2-1-7(5-9(8)19)12(24)15-13(25)14(26)17(27-15)23-6-22-11-10(20)3-4-21-16(11)23/h1-6,12-15,17,24-26H,(H2,20,21). The van der Waals surface area contributed by atoms with Crippen molar-refractivity contribution in [3.05, 3.63) is 54.0 Å². The minimum absolute atomic E-state index is 0.00339. The van der Waals surface area contributed by atoms with Gasteiger partial charge in [0.15, 0.2) is 23.5 Å². The predicted molar refractivity (Wildman–Crippen MR) is 89.2 cm³/mol. The number of nitrogen functional groups attached to an aromatic ring is 1. The first kappa shape index (κ1) is 17.7. The number of aliphatic hydroxyl groups excluding tert-OH is 3. The Morgan fingerprint density at radius 1 is 1.11 bits per heavy atom. The normalized spacial score (nSPS) is 26.6. The van der Waals surface area contributed by atoms with Crippen molar-refractivity contribution in [2.45, 2.75) is 30.6 Å². The number of halogens is 2. The van der Waals surface area contributed by atoms with E-state index in [1.165, 1.54) is 23.2 Å². The van der Waals surface area contributed by atoms with Crippen molar-refractivity contribution in [1.82, 2.24) is 14.5 Å². The van der Waals surface area contributed by atoms with Gasteiger partial charge in [-0.15, -0.1) is 0 Å². The molecule has 27 heavy (non-hydrogen) atoms. The van der Waals surface area contributed by atoms with Gasteiger partial charge in [0, 0.05) is 6.20 Å². The average Bonchev–Trinajstić information content (AvgIpc) is 3.20. The van der Waals surface area contributed by atoms with Crippen LogP contribution >= 0.6 is 0 Å². The zero-order valence-electron chi connectivity index (χ0n) is 13.8. The molecular formula is C17H16F2N4O4. The Morgan fingerprint density at radius 2 is 1.89 bits per heavy atom. The topological polar surface area (TPSA) is 127 Å². The maximum atomic E-state index is 13.4. The van der Waals surface area contributed by atoms with E-state index in [9.17, 15) is 24.1 Å².